The first-order chi connectivity index (χ1) is 6.06. The van der Waals surface area contributed by atoms with Crippen LogP contribution in [0.25, 0.3) is 0 Å². The molecule has 0 aliphatic carbocycles. The molecule has 1 N–H and O–H groups in total. The highest BCUT2D eigenvalue weighted by molar-refractivity contribution is 4.86. The van der Waals surface area contributed by atoms with Crippen LogP contribution in [0.2, 0.25) is 0 Å². The summed E-state index contributed by atoms with van der Waals surface area (Å²) in [4.78, 5) is 0. The fourth-order valence-corrected chi connectivity index (χ4v) is 1.61. The zero-order chi connectivity index (χ0) is 10.0. The predicted octanol–water partition coefficient (Wildman–Crippen LogP) is 1.47. The van der Waals surface area contributed by atoms with Crippen LogP contribution in [-0.2, 0) is 4.74 Å². The molecule has 1 rings (SSSR count). The van der Waals surface area contributed by atoms with Gasteiger partial charge in [-0.2, -0.15) is 0 Å². The number of ether oxygens (including phenoxy) is 1. The van der Waals surface area contributed by atoms with Crippen LogP contribution < -0.4 is 0 Å². The number of alkyl halides is 2. The third kappa shape index (κ3) is 2.38. The number of halogens is 2. The van der Waals surface area contributed by atoms with Crippen LogP contribution in [0, 0.1) is 5.92 Å². The largest absolute Gasteiger partial charge is 0.387 e. The van der Waals surface area contributed by atoms with E-state index in [2.05, 4.69) is 0 Å². The molecule has 1 heterocycles. The first-order valence-corrected chi connectivity index (χ1v) is 4.59. The van der Waals surface area contributed by atoms with Gasteiger partial charge in [-0.1, -0.05) is 13.8 Å². The van der Waals surface area contributed by atoms with E-state index < -0.39 is 31.2 Å². The lowest BCUT2D eigenvalue weighted by Gasteiger charge is -2.37. The van der Waals surface area contributed by atoms with E-state index in [-0.39, 0.29) is 12.3 Å². The lowest BCUT2D eigenvalue weighted by atomic mass is 9.92. The summed E-state index contributed by atoms with van der Waals surface area (Å²) in [5.41, 5.74) is 0. The van der Waals surface area contributed by atoms with E-state index in [4.69, 9.17) is 4.74 Å². The van der Waals surface area contributed by atoms with E-state index in [0.717, 1.165) is 0 Å². The molecular formula is C9H16F2O2. The molecule has 1 fully saturated rings. The Labute approximate surface area is 76.9 Å². The maximum Gasteiger partial charge on any atom is 0.131 e. The summed E-state index contributed by atoms with van der Waals surface area (Å²) in [5, 5.41) is 9.40. The Morgan fingerprint density at radius 1 is 1.54 bits per heavy atom. The minimum atomic E-state index is -1.36. The molecule has 0 spiro atoms. The van der Waals surface area contributed by atoms with Crippen molar-refractivity contribution in [1.29, 1.82) is 0 Å². The van der Waals surface area contributed by atoms with Gasteiger partial charge in [0.05, 0.1) is 12.2 Å². The van der Waals surface area contributed by atoms with Gasteiger partial charge in [0.25, 0.3) is 0 Å². The van der Waals surface area contributed by atoms with Crippen molar-refractivity contribution in [3.63, 3.8) is 0 Å². The monoisotopic (exact) mass is 194 g/mol. The molecule has 0 radical (unpaired) electrons. The molecule has 2 nitrogen and oxygen atoms in total. The third-order valence-corrected chi connectivity index (χ3v) is 2.37. The minimum absolute atomic E-state index is 0.00241. The second-order valence-electron chi connectivity index (χ2n) is 3.86. The van der Waals surface area contributed by atoms with E-state index >= 15 is 0 Å². The van der Waals surface area contributed by atoms with Crippen LogP contribution in [0.1, 0.15) is 20.3 Å². The lowest BCUT2D eigenvalue weighted by Crippen LogP contribution is -2.49. The molecular weight excluding hydrogens is 178 g/mol. The van der Waals surface area contributed by atoms with Gasteiger partial charge in [-0.05, 0) is 5.92 Å². The van der Waals surface area contributed by atoms with Crippen molar-refractivity contribution in [3.05, 3.63) is 0 Å². The highest BCUT2D eigenvalue weighted by Gasteiger charge is 2.39. The van der Waals surface area contributed by atoms with Crippen molar-refractivity contribution < 1.29 is 18.6 Å². The molecule has 0 aromatic heterocycles. The molecule has 1 saturated heterocycles. The lowest BCUT2D eigenvalue weighted by molar-refractivity contribution is -0.168. The van der Waals surface area contributed by atoms with E-state index in [1.807, 2.05) is 13.8 Å². The molecule has 13 heavy (non-hydrogen) atoms. The third-order valence-electron chi connectivity index (χ3n) is 2.37. The van der Waals surface area contributed by atoms with Gasteiger partial charge in [-0.15, -0.1) is 0 Å². The molecule has 1 aliphatic rings. The number of rotatable bonds is 2. The fraction of sp³-hybridized carbons (Fsp3) is 1.00. The van der Waals surface area contributed by atoms with E-state index in [1.165, 1.54) is 0 Å². The molecule has 0 aromatic carbocycles. The standard InChI is InChI=1S/C9H16F2O2/c1-5(2)9-8(12)7(11)3-6(4-10)13-9/h5-9,12H,3-4H2,1-2H3/t6?,7-,8-,9?/m1/s1. The molecule has 4 atom stereocenters. The molecule has 4 heteroatoms. The van der Waals surface area contributed by atoms with Crippen LogP contribution in [-0.4, -0.2) is 36.3 Å². The Morgan fingerprint density at radius 2 is 2.15 bits per heavy atom. The summed E-state index contributed by atoms with van der Waals surface area (Å²) >= 11 is 0. The van der Waals surface area contributed by atoms with Crippen LogP contribution in [0.15, 0.2) is 0 Å². The number of hydrogen-bond acceptors (Lipinski definition) is 2. The Kier molecular flexibility index (Phi) is 3.62. The second kappa shape index (κ2) is 4.33. The fourth-order valence-electron chi connectivity index (χ4n) is 1.61. The Hall–Kier alpha value is -0.220. The Balaban J connectivity index is 2.60. The van der Waals surface area contributed by atoms with Gasteiger partial charge >= 0.3 is 0 Å². The minimum Gasteiger partial charge on any atom is -0.387 e. The van der Waals surface area contributed by atoms with Crippen molar-refractivity contribution in [2.45, 2.75) is 44.8 Å². The average Bonchev–Trinajstić information content (AvgIpc) is 2.09. The van der Waals surface area contributed by atoms with Crippen molar-refractivity contribution >= 4 is 0 Å². The van der Waals surface area contributed by atoms with Gasteiger partial charge in [0.2, 0.25) is 0 Å². The van der Waals surface area contributed by atoms with Crippen molar-refractivity contribution in [1.82, 2.24) is 0 Å². The predicted molar refractivity (Wildman–Crippen MR) is 45.0 cm³/mol. The van der Waals surface area contributed by atoms with Gasteiger partial charge in [0.1, 0.15) is 19.0 Å². The number of aliphatic hydroxyl groups excluding tert-OH is 1. The molecule has 0 bridgehead atoms. The summed E-state index contributed by atoms with van der Waals surface area (Å²) in [7, 11) is 0. The zero-order valence-corrected chi connectivity index (χ0v) is 7.91. The Morgan fingerprint density at radius 3 is 2.62 bits per heavy atom. The molecule has 0 saturated carbocycles. The highest BCUT2D eigenvalue weighted by atomic mass is 19.1. The van der Waals surface area contributed by atoms with Crippen molar-refractivity contribution in [3.8, 4) is 0 Å². The van der Waals surface area contributed by atoms with Crippen LogP contribution >= 0.6 is 0 Å². The van der Waals surface area contributed by atoms with Crippen LogP contribution in [0.5, 0.6) is 0 Å². The van der Waals surface area contributed by atoms with Gasteiger partial charge in [-0.3, -0.25) is 0 Å². The van der Waals surface area contributed by atoms with Crippen LogP contribution in [0.3, 0.4) is 0 Å². The summed E-state index contributed by atoms with van der Waals surface area (Å²) in [5.74, 6) is 0.00241. The summed E-state index contributed by atoms with van der Waals surface area (Å²) in [6.45, 7) is 2.96. The quantitative estimate of drug-likeness (QED) is 0.721. The zero-order valence-electron chi connectivity index (χ0n) is 7.91. The van der Waals surface area contributed by atoms with Gasteiger partial charge in [0.15, 0.2) is 0 Å². The molecule has 0 amide bonds. The first kappa shape index (κ1) is 10.9. The number of hydrogen-bond donors (Lipinski definition) is 1. The van der Waals surface area contributed by atoms with E-state index in [0.29, 0.717) is 0 Å². The smallest absolute Gasteiger partial charge is 0.131 e. The molecule has 0 aromatic rings. The second-order valence-corrected chi connectivity index (χ2v) is 3.86. The van der Waals surface area contributed by atoms with E-state index in [9.17, 15) is 13.9 Å². The van der Waals surface area contributed by atoms with Crippen LogP contribution in [0.4, 0.5) is 8.78 Å². The van der Waals surface area contributed by atoms with Crippen molar-refractivity contribution in [2.75, 3.05) is 6.67 Å². The topological polar surface area (TPSA) is 29.5 Å². The average molecular weight is 194 g/mol. The first-order valence-electron chi connectivity index (χ1n) is 4.59. The molecule has 78 valence electrons. The van der Waals surface area contributed by atoms with Gasteiger partial charge in [0, 0.05) is 6.42 Å². The SMILES string of the molecule is CC(C)C1OC(CF)C[C@@H](F)[C@H]1O. The van der Waals surface area contributed by atoms with E-state index in [1.54, 1.807) is 0 Å². The highest BCUT2D eigenvalue weighted by Crippen LogP contribution is 2.27. The van der Waals surface area contributed by atoms with Gasteiger partial charge < -0.3 is 9.84 Å². The Bertz CT molecular complexity index is 164. The normalized spacial score (nSPS) is 41.1. The number of aliphatic hydroxyl groups is 1. The summed E-state index contributed by atoms with van der Waals surface area (Å²) < 4.78 is 30.6. The summed E-state index contributed by atoms with van der Waals surface area (Å²) in [6, 6.07) is 0. The maximum absolute atomic E-state index is 13.1. The molecule has 2 unspecified atom stereocenters. The maximum atomic E-state index is 13.1. The summed E-state index contributed by atoms with van der Waals surface area (Å²) in [6.07, 6.45) is -3.78. The van der Waals surface area contributed by atoms with Crippen molar-refractivity contribution in [2.24, 2.45) is 5.92 Å². The molecule has 1 aliphatic heterocycles. The van der Waals surface area contributed by atoms with Gasteiger partial charge in [-0.25, -0.2) is 8.78 Å².